The van der Waals surface area contributed by atoms with Crippen molar-refractivity contribution in [3.05, 3.63) is 0 Å². The van der Waals surface area contributed by atoms with Crippen LogP contribution in [-0.4, -0.2) is 50.3 Å². The monoisotopic (exact) mass is 324 g/mol. The number of carbonyl (C=O) groups excluding carboxylic acids is 1. The van der Waals surface area contributed by atoms with E-state index >= 15 is 0 Å². The maximum atomic E-state index is 12.5. The van der Waals surface area contributed by atoms with Gasteiger partial charge in [0, 0.05) is 13.2 Å². The number of amides is 1. The van der Waals surface area contributed by atoms with Gasteiger partial charge in [-0.3, -0.25) is 4.79 Å². The smallest absolute Gasteiger partial charge is 0.228 e. The summed E-state index contributed by atoms with van der Waals surface area (Å²) in [4.78, 5) is 12.5. The molecular formula is C14H29ClN2O2S. The van der Waals surface area contributed by atoms with Gasteiger partial charge >= 0.3 is 0 Å². The van der Waals surface area contributed by atoms with Crippen LogP contribution in [0.3, 0.4) is 0 Å². The highest BCUT2D eigenvalue weighted by molar-refractivity contribution is 7.99. The second kappa shape index (κ2) is 10.7. The van der Waals surface area contributed by atoms with E-state index in [1.165, 1.54) is 0 Å². The Balaban J connectivity index is 0.00000361. The van der Waals surface area contributed by atoms with Crippen LogP contribution in [-0.2, 0) is 9.53 Å². The first-order valence-electron chi connectivity index (χ1n) is 7.23. The molecule has 1 heterocycles. The standard InChI is InChI=1S/C14H28N2O2S.ClH/c1-4-19-10-5-12(2)16-13(17)14(11-18-3)6-8-15-9-7-14;/h12,15H,4-11H2,1-3H3,(H,16,17);1H. The fraction of sp³-hybridized carbons (Fsp3) is 0.929. The molecule has 0 saturated carbocycles. The Morgan fingerprint density at radius 2 is 2.10 bits per heavy atom. The fourth-order valence-electron chi connectivity index (χ4n) is 2.47. The molecule has 6 heteroatoms. The molecule has 1 amide bonds. The summed E-state index contributed by atoms with van der Waals surface area (Å²) in [5, 5.41) is 6.48. The number of piperidine rings is 1. The molecule has 1 rings (SSSR count). The lowest BCUT2D eigenvalue weighted by Crippen LogP contribution is -2.52. The second-order valence-corrected chi connectivity index (χ2v) is 6.72. The van der Waals surface area contributed by atoms with Crippen molar-refractivity contribution in [1.29, 1.82) is 0 Å². The van der Waals surface area contributed by atoms with Crippen molar-refractivity contribution in [2.75, 3.05) is 38.3 Å². The molecule has 4 nitrogen and oxygen atoms in total. The van der Waals surface area contributed by atoms with Gasteiger partial charge in [-0.15, -0.1) is 12.4 Å². The first-order valence-corrected chi connectivity index (χ1v) is 8.38. The lowest BCUT2D eigenvalue weighted by atomic mass is 9.78. The number of carbonyl (C=O) groups is 1. The average Bonchev–Trinajstić information content (AvgIpc) is 2.40. The van der Waals surface area contributed by atoms with Gasteiger partial charge in [-0.25, -0.2) is 0 Å². The quantitative estimate of drug-likeness (QED) is 0.671. The van der Waals surface area contributed by atoms with Crippen molar-refractivity contribution in [2.24, 2.45) is 5.41 Å². The molecule has 120 valence electrons. The van der Waals surface area contributed by atoms with E-state index < -0.39 is 0 Å². The van der Waals surface area contributed by atoms with Crippen molar-refractivity contribution in [1.82, 2.24) is 10.6 Å². The molecule has 0 aromatic heterocycles. The SMILES string of the molecule is CCSCCC(C)NC(=O)C1(COC)CCNCC1.Cl. The highest BCUT2D eigenvalue weighted by Crippen LogP contribution is 2.29. The minimum atomic E-state index is -0.327. The van der Waals surface area contributed by atoms with Gasteiger partial charge in [-0.1, -0.05) is 6.92 Å². The topological polar surface area (TPSA) is 50.4 Å². The van der Waals surface area contributed by atoms with Gasteiger partial charge in [0.2, 0.25) is 5.91 Å². The summed E-state index contributed by atoms with van der Waals surface area (Å²) in [6.45, 7) is 6.58. The Labute approximate surface area is 133 Å². The van der Waals surface area contributed by atoms with Crippen LogP contribution in [0.2, 0.25) is 0 Å². The van der Waals surface area contributed by atoms with Crippen LogP contribution in [0.5, 0.6) is 0 Å². The van der Waals surface area contributed by atoms with Gasteiger partial charge in [0.1, 0.15) is 0 Å². The maximum absolute atomic E-state index is 12.5. The average molecular weight is 325 g/mol. The van der Waals surface area contributed by atoms with Gasteiger partial charge in [-0.05, 0) is 50.8 Å². The minimum Gasteiger partial charge on any atom is -0.384 e. The Kier molecular flexibility index (Phi) is 10.7. The van der Waals surface area contributed by atoms with Gasteiger partial charge in [0.25, 0.3) is 0 Å². The molecule has 1 saturated heterocycles. The lowest BCUT2D eigenvalue weighted by Gasteiger charge is -2.36. The highest BCUT2D eigenvalue weighted by atomic mass is 35.5. The minimum absolute atomic E-state index is 0. The van der Waals surface area contributed by atoms with Gasteiger partial charge in [0.05, 0.1) is 12.0 Å². The van der Waals surface area contributed by atoms with E-state index in [1.807, 2.05) is 11.8 Å². The van der Waals surface area contributed by atoms with Crippen molar-refractivity contribution < 1.29 is 9.53 Å². The fourth-order valence-corrected chi connectivity index (χ4v) is 3.28. The highest BCUT2D eigenvalue weighted by Gasteiger charge is 2.39. The van der Waals surface area contributed by atoms with Crippen LogP contribution in [0.4, 0.5) is 0 Å². The summed E-state index contributed by atoms with van der Waals surface area (Å²) >= 11 is 1.92. The number of rotatable bonds is 8. The number of halogens is 1. The Morgan fingerprint density at radius 3 is 2.65 bits per heavy atom. The molecule has 1 aliphatic rings. The van der Waals surface area contributed by atoms with E-state index in [9.17, 15) is 4.79 Å². The van der Waals surface area contributed by atoms with E-state index in [-0.39, 0.29) is 29.8 Å². The van der Waals surface area contributed by atoms with Crippen LogP contribution >= 0.6 is 24.2 Å². The molecule has 0 bridgehead atoms. The third kappa shape index (κ3) is 6.20. The molecule has 0 aromatic rings. The first-order chi connectivity index (χ1) is 9.14. The normalized spacial score (nSPS) is 18.9. The van der Waals surface area contributed by atoms with Crippen LogP contribution in [0.1, 0.15) is 33.1 Å². The summed E-state index contributed by atoms with van der Waals surface area (Å²) in [7, 11) is 1.68. The zero-order valence-corrected chi connectivity index (χ0v) is 14.5. The molecular weight excluding hydrogens is 296 g/mol. The van der Waals surface area contributed by atoms with E-state index in [0.29, 0.717) is 6.61 Å². The van der Waals surface area contributed by atoms with E-state index in [2.05, 4.69) is 24.5 Å². The van der Waals surface area contributed by atoms with Crippen molar-refractivity contribution >= 4 is 30.1 Å². The zero-order chi connectivity index (χ0) is 14.1. The molecule has 2 N–H and O–H groups in total. The summed E-state index contributed by atoms with van der Waals surface area (Å²) in [6.07, 6.45) is 2.76. The Morgan fingerprint density at radius 1 is 1.45 bits per heavy atom. The van der Waals surface area contributed by atoms with Crippen LogP contribution in [0.15, 0.2) is 0 Å². The zero-order valence-electron chi connectivity index (χ0n) is 12.9. The van der Waals surface area contributed by atoms with Crippen molar-refractivity contribution in [2.45, 2.75) is 39.2 Å². The lowest BCUT2D eigenvalue weighted by molar-refractivity contribution is -0.136. The van der Waals surface area contributed by atoms with E-state index in [1.54, 1.807) is 7.11 Å². The van der Waals surface area contributed by atoms with Gasteiger partial charge in [0.15, 0.2) is 0 Å². The molecule has 1 fully saturated rings. The molecule has 1 unspecified atom stereocenters. The van der Waals surface area contributed by atoms with E-state index in [4.69, 9.17) is 4.74 Å². The summed E-state index contributed by atoms with van der Waals surface area (Å²) in [6, 6.07) is 0.246. The number of nitrogens with one attached hydrogen (secondary N) is 2. The Bertz CT molecular complexity index is 268. The van der Waals surface area contributed by atoms with Gasteiger partial charge in [-0.2, -0.15) is 11.8 Å². The predicted octanol–water partition coefficient (Wildman–Crippen LogP) is 2.07. The molecule has 20 heavy (non-hydrogen) atoms. The number of methoxy groups -OCH3 is 1. The molecule has 0 radical (unpaired) electrons. The maximum Gasteiger partial charge on any atom is 0.228 e. The third-order valence-corrected chi connectivity index (χ3v) is 4.67. The third-order valence-electron chi connectivity index (χ3n) is 3.74. The number of ether oxygens (including phenoxy) is 1. The predicted molar refractivity (Wildman–Crippen MR) is 88.9 cm³/mol. The molecule has 1 atom stereocenters. The van der Waals surface area contributed by atoms with Crippen molar-refractivity contribution in [3.8, 4) is 0 Å². The largest absolute Gasteiger partial charge is 0.384 e. The molecule has 0 aromatic carbocycles. The number of thioether (sulfide) groups is 1. The molecule has 0 spiro atoms. The van der Waals surface area contributed by atoms with E-state index in [0.717, 1.165) is 43.9 Å². The number of hydrogen-bond donors (Lipinski definition) is 2. The van der Waals surface area contributed by atoms with Gasteiger partial charge < -0.3 is 15.4 Å². The summed E-state index contributed by atoms with van der Waals surface area (Å²) in [5.74, 6) is 2.42. The van der Waals surface area contributed by atoms with Crippen molar-refractivity contribution in [3.63, 3.8) is 0 Å². The van der Waals surface area contributed by atoms with Crippen LogP contribution < -0.4 is 10.6 Å². The first kappa shape index (κ1) is 20.0. The second-order valence-electron chi connectivity index (χ2n) is 5.32. The summed E-state index contributed by atoms with van der Waals surface area (Å²) in [5.41, 5.74) is -0.327. The molecule has 0 aliphatic carbocycles. The van der Waals surface area contributed by atoms with Crippen LogP contribution in [0.25, 0.3) is 0 Å². The molecule has 1 aliphatic heterocycles. The van der Waals surface area contributed by atoms with Crippen LogP contribution in [0, 0.1) is 5.41 Å². The summed E-state index contributed by atoms with van der Waals surface area (Å²) < 4.78 is 5.29. The number of hydrogen-bond acceptors (Lipinski definition) is 4. The Hall–Kier alpha value is 0.0300.